The molecule has 5 nitrogen and oxygen atoms in total. The molecule has 0 aromatic carbocycles. The van der Waals surface area contributed by atoms with E-state index >= 15 is 0 Å². The molecular weight excluding hydrogens is 248 g/mol. The summed E-state index contributed by atoms with van der Waals surface area (Å²) in [6.45, 7) is 1.88. The molecule has 100 valence electrons. The van der Waals surface area contributed by atoms with E-state index in [-0.39, 0.29) is 5.91 Å². The smallest absolute Gasteiger partial charge is 0.263 e. The molecule has 1 fully saturated rings. The van der Waals surface area contributed by atoms with Crippen molar-refractivity contribution in [3.63, 3.8) is 0 Å². The van der Waals surface area contributed by atoms with Gasteiger partial charge in [-0.05, 0) is 32.9 Å². The number of nitrogens with two attached hydrogens (primary N) is 1. The van der Waals surface area contributed by atoms with Gasteiger partial charge in [-0.3, -0.25) is 4.79 Å². The second-order valence-corrected chi connectivity index (χ2v) is 5.80. The van der Waals surface area contributed by atoms with Crippen LogP contribution in [0.1, 0.15) is 35.4 Å². The first kappa shape index (κ1) is 13.3. The van der Waals surface area contributed by atoms with Crippen molar-refractivity contribution >= 4 is 22.4 Å². The zero-order valence-electron chi connectivity index (χ0n) is 10.7. The van der Waals surface area contributed by atoms with Gasteiger partial charge in [0.25, 0.3) is 5.91 Å². The van der Waals surface area contributed by atoms with Crippen LogP contribution in [0, 0.1) is 0 Å². The molecule has 1 atom stereocenters. The van der Waals surface area contributed by atoms with Gasteiger partial charge in [0.1, 0.15) is 4.88 Å². The molecule has 0 radical (unpaired) electrons. The minimum absolute atomic E-state index is 0.0670. The topological polar surface area (TPSA) is 71.2 Å². The third kappa shape index (κ3) is 3.43. The number of carbonyl (C=O) groups is 1. The van der Waals surface area contributed by atoms with Gasteiger partial charge in [-0.25, -0.2) is 4.98 Å². The number of hydrogen-bond donors (Lipinski definition) is 2. The average Bonchev–Trinajstić information content (AvgIpc) is 2.78. The molecule has 1 saturated heterocycles. The molecule has 0 spiro atoms. The molecule has 2 rings (SSSR count). The van der Waals surface area contributed by atoms with Gasteiger partial charge in [0, 0.05) is 12.6 Å². The Morgan fingerprint density at radius 2 is 2.50 bits per heavy atom. The number of amides is 1. The molecule has 1 aromatic rings. The summed E-state index contributed by atoms with van der Waals surface area (Å²) in [6, 6.07) is 0.602. The standard InChI is InChI=1S/C12H20N4OS/c1-16-7-3-2-4-9(16)5-6-14-11(17)10-8-15-12(13)18-10/h8-9H,2-7H2,1H3,(H2,13,15)(H,14,17)/t9-/m1/s1. The number of likely N-dealkylation sites (tertiary alicyclic amines) is 1. The lowest BCUT2D eigenvalue weighted by molar-refractivity contribution is 0.0949. The average molecular weight is 268 g/mol. The fourth-order valence-electron chi connectivity index (χ4n) is 2.34. The van der Waals surface area contributed by atoms with E-state index in [0.29, 0.717) is 22.6 Å². The Labute approximate surface area is 111 Å². The SMILES string of the molecule is CN1CCCC[C@@H]1CCNC(=O)c1cnc(N)s1. The van der Waals surface area contributed by atoms with Gasteiger partial charge in [-0.15, -0.1) is 0 Å². The molecule has 1 aromatic heterocycles. The van der Waals surface area contributed by atoms with Gasteiger partial charge >= 0.3 is 0 Å². The summed E-state index contributed by atoms with van der Waals surface area (Å²) in [5.41, 5.74) is 5.50. The number of piperidine rings is 1. The van der Waals surface area contributed by atoms with Crippen LogP contribution in [0.4, 0.5) is 5.13 Å². The molecular formula is C12H20N4OS. The summed E-state index contributed by atoms with van der Waals surface area (Å²) < 4.78 is 0. The number of anilines is 1. The zero-order valence-corrected chi connectivity index (χ0v) is 11.5. The highest BCUT2D eigenvalue weighted by molar-refractivity contribution is 7.17. The van der Waals surface area contributed by atoms with Crippen LogP contribution in [0.3, 0.4) is 0 Å². The van der Waals surface area contributed by atoms with Crippen LogP contribution in [0.25, 0.3) is 0 Å². The summed E-state index contributed by atoms with van der Waals surface area (Å²) in [4.78, 5) is 18.6. The monoisotopic (exact) mass is 268 g/mol. The molecule has 1 amide bonds. The lowest BCUT2D eigenvalue weighted by Crippen LogP contribution is -2.38. The summed E-state index contributed by atoms with van der Waals surface area (Å²) in [5, 5.41) is 3.37. The van der Waals surface area contributed by atoms with E-state index in [9.17, 15) is 4.79 Å². The van der Waals surface area contributed by atoms with Crippen molar-refractivity contribution in [1.82, 2.24) is 15.2 Å². The van der Waals surface area contributed by atoms with Crippen LogP contribution in [0.15, 0.2) is 6.20 Å². The van der Waals surface area contributed by atoms with E-state index < -0.39 is 0 Å². The van der Waals surface area contributed by atoms with Gasteiger partial charge in [0.2, 0.25) is 0 Å². The van der Waals surface area contributed by atoms with Gasteiger partial charge in [0.05, 0.1) is 6.20 Å². The minimum Gasteiger partial charge on any atom is -0.375 e. The normalized spacial score (nSPS) is 20.8. The molecule has 18 heavy (non-hydrogen) atoms. The van der Waals surface area contributed by atoms with Crippen LogP contribution in [-0.4, -0.2) is 42.0 Å². The number of thiazole rings is 1. The van der Waals surface area contributed by atoms with Crippen molar-refractivity contribution in [2.45, 2.75) is 31.7 Å². The lowest BCUT2D eigenvalue weighted by Gasteiger charge is -2.32. The van der Waals surface area contributed by atoms with Gasteiger partial charge in [-0.1, -0.05) is 17.8 Å². The fraction of sp³-hybridized carbons (Fsp3) is 0.667. The molecule has 0 bridgehead atoms. The first-order valence-corrected chi connectivity index (χ1v) is 7.18. The number of carbonyl (C=O) groups excluding carboxylic acids is 1. The predicted octanol–water partition coefficient (Wildman–Crippen LogP) is 1.33. The highest BCUT2D eigenvalue weighted by Crippen LogP contribution is 2.17. The van der Waals surface area contributed by atoms with Crippen LogP contribution in [0.2, 0.25) is 0 Å². The molecule has 1 aliphatic heterocycles. The summed E-state index contributed by atoms with van der Waals surface area (Å²) in [6.07, 6.45) is 6.37. The first-order valence-electron chi connectivity index (χ1n) is 6.36. The Hall–Kier alpha value is -1.14. The minimum atomic E-state index is -0.0670. The molecule has 2 heterocycles. The number of rotatable bonds is 4. The van der Waals surface area contributed by atoms with E-state index in [1.54, 1.807) is 0 Å². The molecule has 0 aliphatic carbocycles. The highest BCUT2D eigenvalue weighted by Gasteiger charge is 2.18. The van der Waals surface area contributed by atoms with Gasteiger partial charge in [0.15, 0.2) is 5.13 Å². The Kier molecular flexibility index (Phi) is 4.54. The molecule has 6 heteroatoms. The van der Waals surface area contributed by atoms with Gasteiger partial charge < -0.3 is 16.0 Å². The van der Waals surface area contributed by atoms with Crippen LogP contribution in [0.5, 0.6) is 0 Å². The zero-order chi connectivity index (χ0) is 13.0. The quantitative estimate of drug-likeness (QED) is 0.864. The summed E-state index contributed by atoms with van der Waals surface area (Å²) >= 11 is 1.23. The Bertz CT molecular complexity index is 407. The van der Waals surface area contributed by atoms with Crippen molar-refractivity contribution in [2.75, 3.05) is 25.9 Å². The number of hydrogen-bond acceptors (Lipinski definition) is 5. The van der Waals surface area contributed by atoms with E-state index in [2.05, 4.69) is 22.2 Å². The number of nitrogens with zero attached hydrogens (tertiary/aromatic N) is 2. The van der Waals surface area contributed by atoms with Crippen molar-refractivity contribution in [2.24, 2.45) is 0 Å². The van der Waals surface area contributed by atoms with E-state index in [0.717, 1.165) is 6.42 Å². The maximum atomic E-state index is 11.8. The largest absolute Gasteiger partial charge is 0.375 e. The van der Waals surface area contributed by atoms with E-state index in [4.69, 9.17) is 5.73 Å². The van der Waals surface area contributed by atoms with Crippen molar-refractivity contribution in [3.05, 3.63) is 11.1 Å². The Morgan fingerprint density at radius 3 is 3.17 bits per heavy atom. The second-order valence-electron chi connectivity index (χ2n) is 4.74. The van der Waals surface area contributed by atoms with Crippen molar-refractivity contribution < 1.29 is 4.79 Å². The number of nitrogen functional groups attached to an aromatic ring is 1. The number of aromatic nitrogens is 1. The Morgan fingerprint density at radius 1 is 1.67 bits per heavy atom. The first-order chi connectivity index (χ1) is 8.66. The van der Waals surface area contributed by atoms with Gasteiger partial charge in [-0.2, -0.15) is 0 Å². The molecule has 0 unspecified atom stereocenters. The maximum absolute atomic E-state index is 11.8. The Balaban J connectivity index is 1.73. The van der Waals surface area contributed by atoms with Crippen LogP contribution in [-0.2, 0) is 0 Å². The van der Waals surface area contributed by atoms with E-state index in [1.165, 1.54) is 43.3 Å². The second kappa shape index (κ2) is 6.15. The maximum Gasteiger partial charge on any atom is 0.263 e. The van der Waals surface area contributed by atoms with E-state index in [1.807, 2.05) is 0 Å². The molecule has 0 saturated carbocycles. The lowest BCUT2D eigenvalue weighted by atomic mass is 10.0. The number of nitrogens with one attached hydrogen (secondary N) is 1. The van der Waals surface area contributed by atoms with Crippen LogP contribution >= 0.6 is 11.3 Å². The van der Waals surface area contributed by atoms with Crippen molar-refractivity contribution in [1.29, 1.82) is 0 Å². The third-order valence-corrected chi connectivity index (χ3v) is 4.26. The fourth-order valence-corrected chi connectivity index (χ4v) is 2.94. The van der Waals surface area contributed by atoms with Crippen LogP contribution < -0.4 is 11.1 Å². The highest BCUT2D eigenvalue weighted by atomic mass is 32.1. The molecule has 3 N–H and O–H groups in total. The predicted molar refractivity (Wildman–Crippen MR) is 73.7 cm³/mol. The van der Waals surface area contributed by atoms with Crippen molar-refractivity contribution in [3.8, 4) is 0 Å². The molecule has 1 aliphatic rings. The third-order valence-electron chi connectivity index (χ3n) is 3.43. The summed E-state index contributed by atoms with van der Waals surface area (Å²) in [7, 11) is 2.16. The summed E-state index contributed by atoms with van der Waals surface area (Å²) in [5.74, 6) is -0.0670.